The van der Waals surface area contributed by atoms with Gasteiger partial charge in [0.25, 0.3) is 0 Å². The van der Waals surface area contributed by atoms with Crippen molar-refractivity contribution in [3.8, 4) is 22.8 Å². The Morgan fingerprint density at radius 1 is 1.04 bits per heavy atom. The number of rotatable bonds is 4. The van der Waals surface area contributed by atoms with Gasteiger partial charge in [0.2, 0.25) is 5.91 Å². The second kappa shape index (κ2) is 6.86. The van der Waals surface area contributed by atoms with Crippen molar-refractivity contribution in [2.24, 2.45) is 5.73 Å². The van der Waals surface area contributed by atoms with Gasteiger partial charge < -0.3 is 10.5 Å². The van der Waals surface area contributed by atoms with E-state index in [2.05, 4.69) is 9.97 Å². The van der Waals surface area contributed by atoms with E-state index in [0.29, 0.717) is 22.2 Å². The van der Waals surface area contributed by atoms with Crippen LogP contribution in [0.2, 0.25) is 10.0 Å². The minimum Gasteiger partial charge on any atom is -0.456 e. The van der Waals surface area contributed by atoms with Crippen LogP contribution in [0.3, 0.4) is 0 Å². The number of ether oxygens (including phenoxy) is 1. The standard InChI is InChI=1S/C17H11Cl2N3O2/c18-11-6-13(9-21-8-11)24-12-3-4-22-16(7-12)10-1-2-14(17(20)23)15(19)5-10/h1-9H,(H2,20,23). The molecule has 0 radical (unpaired) electrons. The molecule has 1 aromatic carbocycles. The smallest absolute Gasteiger partial charge is 0.250 e. The molecule has 2 aromatic heterocycles. The summed E-state index contributed by atoms with van der Waals surface area (Å²) in [6.07, 6.45) is 4.69. The number of nitrogens with two attached hydrogens (primary N) is 1. The van der Waals surface area contributed by atoms with Crippen molar-refractivity contribution in [3.63, 3.8) is 0 Å². The molecule has 0 aliphatic rings. The third-order valence-electron chi connectivity index (χ3n) is 3.18. The second-order valence-corrected chi connectivity index (χ2v) is 5.72. The predicted octanol–water partition coefficient (Wildman–Crippen LogP) is 4.34. The van der Waals surface area contributed by atoms with Crippen LogP contribution in [0.4, 0.5) is 0 Å². The minimum atomic E-state index is -0.579. The van der Waals surface area contributed by atoms with Crippen molar-refractivity contribution >= 4 is 29.1 Å². The van der Waals surface area contributed by atoms with Crippen LogP contribution in [0.15, 0.2) is 55.0 Å². The fourth-order valence-corrected chi connectivity index (χ4v) is 2.53. The molecule has 3 aromatic rings. The summed E-state index contributed by atoms with van der Waals surface area (Å²) in [5.74, 6) is 0.506. The third kappa shape index (κ3) is 3.64. The van der Waals surface area contributed by atoms with Gasteiger partial charge in [-0.2, -0.15) is 0 Å². The highest BCUT2D eigenvalue weighted by atomic mass is 35.5. The Morgan fingerprint density at radius 3 is 2.58 bits per heavy atom. The van der Waals surface area contributed by atoms with Crippen molar-refractivity contribution in [2.45, 2.75) is 0 Å². The average molecular weight is 360 g/mol. The first kappa shape index (κ1) is 16.2. The summed E-state index contributed by atoms with van der Waals surface area (Å²) in [6, 6.07) is 10.0. The number of carbonyl (C=O) groups is 1. The lowest BCUT2D eigenvalue weighted by molar-refractivity contribution is 0.100. The molecule has 2 N–H and O–H groups in total. The molecule has 0 saturated carbocycles. The number of pyridine rings is 2. The molecule has 0 aliphatic carbocycles. The number of primary amides is 1. The quantitative estimate of drug-likeness (QED) is 0.751. The summed E-state index contributed by atoms with van der Waals surface area (Å²) in [4.78, 5) is 19.5. The molecule has 2 heterocycles. The molecule has 0 saturated heterocycles. The topological polar surface area (TPSA) is 78.1 Å². The highest BCUT2D eigenvalue weighted by molar-refractivity contribution is 6.34. The van der Waals surface area contributed by atoms with E-state index in [1.54, 1.807) is 48.8 Å². The SMILES string of the molecule is NC(=O)c1ccc(-c2cc(Oc3cncc(Cl)c3)ccn2)cc1Cl. The van der Waals surface area contributed by atoms with E-state index in [-0.39, 0.29) is 10.6 Å². The van der Waals surface area contributed by atoms with E-state index in [1.165, 1.54) is 6.20 Å². The van der Waals surface area contributed by atoms with Gasteiger partial charge in [-0.3, -0.25) is 14.8 Å². The van der Waals surface area contributed by atoms with Crippen LogP contribution < -0.4 is 10.5 Å². The zero-order valence-corrected chi connectivity index (χ0v) is 13.8. The molecule has 1 amide bonds. The summed E-state index contributed by atoms with van der Waals surface area (Å²) < 4.78 is 5.72. The lowest BCUT2D eigenvalue weighted by Gasteiger charge is -2.08. The first-order valence-corrected chi connectivity index (χ1v) is 7.63. The minimum absolute atomic E-state index is 0.262. The van der Waals surface area contributed by atoms with Gasteiger partial charge in [-0.25, -0.2) is 0 Å². The van der Waals surface area contributed by atoms with E-state index in [4.69, 9.17) is 33.7 Å². The fourth-order valence-electron chi connectivity index (χ4n) is 2.09. The summed E-state index contributed by atoms with van der Waals surface area (Å²) in [6.45, 7) is 0. The number of aromatic nitrogens is 2. The van der Waals surface area contributed by atoms with Crippen LogP contribution in [0, 0.1) is 0 Å². The van der Waals surface area contributed by atoms with Gasteiger partial charge in [-0.05, 0) is 18.2 Å². The number of hydrogen-bond donors (Lipinski definition) is 1. The van der Waals surface area contributed by atoms with Crippen molar-refractivity contribution in [1.29, 1.82) is 0 Å². The Kier molecular flexibility index (Phi) is 4.64. The molecular weight excluding hydrogens is 349 g/mol. The lowest BCUT2D eigenvalue weighted by Crippen LogP contribution is -2.11. The van der Waals surface area contributed by atoms with Crippen molar-refractivity contribution in [1.82, 2.24) is 9.97 Å². The maximum absolute atomic E-state index is 11.2. The van der Waals surface area contributed by atoms with Gasteiger partial charge in [0.15, 0.2) is 0 Å². The highest BCUT2D eigenvalue weighted by Gasteiger charge is 2.10. The zero-order chi connectivity index (χ0) is 17.1. The Hall–Kier alpha value is -2.63. The Morgan fingerprint density at radius 2 is 1.88 bits per heavy atom. The third-order valence-corrected chi connectivity index (χ3v) is 3.70. The number of nitrogens with zero attached hydrogens (tertiary/aromatic N) is 2. The van der Waals surface area contributed by atoms with Crippen molar-refractivity contribution < 1.29 is 9.53 Å². The summed E-state index contributed by atoms with van der Waals surface area (Å²) in [5, 5.41) is 0.753. The van der Waals surface area contributed by atoms with Gasteiger partial charge in [-0.15, -0.1) is 0 Å². The Bertz CT molecular complexity index is 916. The second-order valence-electron chi connectivity index (χ2n) is 4.88. The van der Waals surface area contributed by atoms with Crippen LogP contribution in [0.5, 0.6) is 11.5 Å². The molecule has 3 rings (SSSR count). The summed E-state index contributed by atoms with van der Waals surface area (Å²) in [5.41, 5.74) is 6.89. The molecule has 0 unspecified atom stereocenters. The van der Waals surface area contributed by atoms with Gasteiger partial charge in [0.1, 0.15) is 11.5 Å². The van der Waals surface area contributed by atoms with Gasteiger partial charge in [0.05, 0.1) is 27.5 Å². The predicted molar refractivity (Wildman–Crippen MR) is 92.5 cm³/mol. The molecular formula is C17H11Cl2N3O2. The van der Waals surface area contributed by atoms with E-state index in [9.17, 15) is 4.79 Å². The molecule has 7 heteroatoms. The first-order chi connectivity index (χ1) is 11.5. The van der Waals surface area contributed by atoms with Crippen LogP contribution in [0.1, 0.15) is 10.4 Å². The molecule has 0 aliphatic heterocycles. The van der Waals surface area contributed by atoms with Gasteiger partial charge in [-0.1, -0.05) is 29.3 Å². The number of benzene rings is 1. The summed E-state index contributed by atoms with van der Waals surface area (Å²) >= 11 is 12.0. The first-order valence-electron chi connectivity index (χ1n) is 6.87. The molecule has 0 fully saturated rings. The highest BCUT2D eigenvalue weighted by Crippen LogP contribution is 2.28. The molecule has 0 atom stereocenters. The molecule has 0 spiro atoms. The van der Waals surface area contributed by atoms with E-state index in [0.717, 1.165) is 5.56 Å². The maximum atomic E-state index is 11.2. The Labute approximate surface area is 148 Å². The van der Waals surface area contributed by atoms with Crippen LogP contribution in [0.25, 0.3) is 11.3 Å². The monoisotopic (exact) mass is 359 g/mol. The Balaban J connectivity index is 1.90. The normalized spacial score (nSPS) is 10.4. The van der Waals surface area contributed by atoms with E-state index >= 15 is 0 Å². The lowest BCUT2D eigenvalue weighted by atomic mass is 10.1. The van der Waals surface area contributed by atoms with Crippen LogP contribution in [-0.2, 0) is 0 Å². The molecule has 5 nitrogen and oxygen atoms in total. The zero-order valence-electron chi connectivity index (χ0n) is 12.2. The number of hydrogen-bond acceptors (Lipinski definition) is 4. The molecule has 0 bridgehead atoms. The van der Waals surface area contributed by atoms with E-state index in [1.807, 2.05) is 0 Å². The van der Waals surface area contributed by atoms with Gasteiger partial charge in [0, 0.05) is 30.1 Å². The molecule has 24 heavy (non-hydrogen) atoms. The number of amides is 1. The average Bonchev–Trinajstić information content (AvgIpc) is 2.54. The number of halogens is 2. The number of carbonyl (C=O) groups excluding carboxylic acids is 1. The van der Waals surface area contributed by atoms with E-state index < -0.39 is 5.91 Å². The summed E-state index contributed by atoms with van der Waals surface area (Å²) in [7, 11) is 0. The van der Waals surface area contributed by atoms with Crippen molar-refractivity contribution in [3.05, 3.63) is 70.6 Å². The largest absolute Gasteiger partial charge is 0.456 e. The molecule has 120 valence electrons. The fraction of sp³-hybridized carbons (Fsp3) is 0. The van der Waals surface area contributed by atoms with Gasteiger partial charge >= 0.3 is 0 Å². The van der Waals surface area contributed by atoms with Crippen LogP contribution in [-0.4, -0.2) is 15.9 Å². The van der Waals surface area contributed by atoms with Crippen molar-refractivity contribution in [2.75, 3.05) is 0 Å². The maximum Gasteiger partial charge on any atom is 0.250 e. The van der Waals surface area contributed by atoms with Crippen LogP contribution >= 0.6 is 23.2 Å².